The van der Waals surface area contributed by atoms with Crippen LogP contribution in [0.15, 0.2) is 16.5 Å². The fraction of sp³-hybridized carbons (Fsp3) is 0.611. The molecule has 1 unspecified atom stereocenters. The summed E-state index contributed by atoms with van der Waals surface area (Å²) in [5, 5.41) is 8.12. The van der Waals surface area contributed by atoms with Gasteiger partial charge in [-0.1, -0.05) is 0 Å². The van der Waals surface area contributed by atoms with E-state index in [0.29, 0.717) is 6.04 Å². The van der Waals surface area contributed by atoms with Gasteiger partial charge < -0.3 is 9.73 Å². The van der Waals surface area contributed by atoms with E-state index in [9.17, 15) is 0 Å². The second-order valence-corrected chi connectivity index (χ2v) is 6.61. The van der Waals surface area contributed by atoms with E-state index in [1.54, 1.807) is 0 Å². The average molecular weight is 316 g/mol. The van der Waals surface area contributed by atoms with Crippen LogP contribution >= 0.6 is 0 Å². The third kappa shape index (κ3) is 3.51. The van der Waals surface area contributed by atoms with Crippen molar-refractivity contribution in [2.24, 2.45) is 7.05 Å². The summed E-state index contributed by atoms with van der Waals surface area (Å²) >= 11 is 0. The van der Waals surface area contributed by atoms with Crippen molar-refractivity contribution < 1.29 is 4.42 Å². The summed E-state index contributed by atoms with van der Waals surface area (Å²) in [6.45, 7) is 10.3. The van der Waals surface area contributed by atoms with E-state index in [-0.39, 0.29) is 0 Å². The number of likely N-dealkylation sites (tertiary alicyclic amines) is 1. The number of hydrogen-bond donors (Lipinski definition) is 1. The standard InChI is InChI=1S/C18H28N4O/c1-13-7-8-18(23-13)17(22-9-5-6-10-22)12-19-11-16-14(2)20-21(4)15(16)3/h7-8,17,19H,5-6,9-12H2,1-4H3. The summed E-state index contributed by atoms with van der Waals surface area (Å²) in [7, 11) is 2.00. The lowest BCUT2D eigenvalue weighted by Gasteiger charge is -2.26. The first-order chi connectivity index (χ1) is 11.1. The minimum atomic E-state index is 0.323. The largest absolute Gasteiger partial charge is 0.465 e. The number of rotatable bonds is 6. The zero-order valence-electron chi connectivity index (χ0n) is 14.7. The second kappa shape index (κ2) is 6.89. The highest BCUT2D eigenvalue weighted by atomic mass is 16.3. The molecule has 126 valence electrons. The maximum atomic E-state index is 5.91. The zero-order valence-corrected chi connectivity index (χ0v) is 14.7. The van der Waals surface area contributed by atoms with Crippen molar-refractivity contribution in [3.8, 4) is 0 Å². The highest BCUT2D eigenvalue weighted by Gasteiger charge is 2.25. The summed E-state index contributed by atoms with van der Waals surface area (Å²) in [6.07, 6.45) is 2.58. The zero-order chi connectivity index (χ0) is 16.4. The minimum Gasteiger partial charge on any atom is -0.465 e. The molecule has 3 heterocycles. The molecule has 5 nitrogen and oxygen atoms in total. The topological polar surface area (TPSA) is 46.2 Å². The van der Waals surface area contributed by atoms with Crippen molar-refractivity contribution in [3.05, 3.63) is 40.6 Å². The van der Waals surface area contributed by atoms with Gasteiger partial charge in [0.15, 0.2) is 0 Å². The molecule has 0 radical (unpaired) electrons. The minimum absolute atomic E-state index is 0.323. The van der Waals surface area contributed by atoms with E-state index in [4.69, 9.17) is 4.42 Å². The molecule has 0 saturated carbocycles. The van der Waals surface area contributed by atoms with Gasteiger partial charge in [-0.15, -0.1) is 0 Å². The molecule has 5 heteroatoms. The maximum absolute atomic E-state index is 5.91. The van der Waals surface area contributed by atoms with E-state index >= 15 is 0 Å². The Kier molecular flexibility index (Phi) is 4.87. The molecule has 0 aromatic carbocycles. The van der Waals surface area contributed by atoms with Gasteiger partial charge in [-0.25, -0.2) is 0 Å². The third-order valence-corrected chi connectivity index (χ3v) is 4.97. The summed E-state index contributed by atoms with van der Waals surface area (Å²) in [6, 6.07) is 4.51. The molecule has 3 rings (SSSR count). The Morgan fingerprint density at radius 2 is 1.96 bits per heavy atom. The second-order valence-electron chi connectivity index (χ2n) is 6.61. The predicted molar refractivity (Wildman–Crippen MR) is 91.4 cm³/mol. The number of nitrogens with one attached hydrogen (secondary N) is 1. The lowest BCUT2D eigenvalue weighted by Crippen LogP contribution is -2.33. The monoisotopic (exact) mass is 316 g/mol. The number of aryl methyl sites for hydroxylation is 3. The normalized spacial score (nSPS) is 17.0. The van der Waals surface area contributed by atoms with Gasteiger partial charge in [0, 0.05) is 31.4 Å². The van der Waals surface area contributed by atoms with Gasteiger partial charge in [0.25, 0.3) is 0 Å². The van der Waals surface area contributed by atoms with Crippen LogP contribution < -0.4 is 5.32 Å². The Hall–Kier alpha value is -1.59. The van der Waals surface area contributed by atoms with Crippen molar-refractivity contribution in [1.82, 2.24) is 20.0 Å². The lowest BCUT2D eigenvalue weighted by atomic mass is 10.1. The molecule has 23 heavy (non-hydrogen) atoms. The number of aromatic nitrogens is 2. The Morgan fingerprint density at radius 1 is 1.22 bits per heavy atom. The van der Waals surface area contributed by atoms with Gasteiger partial charge in [-0.05, 0) is 58.8 Å². The van der Waals surface area contributed by atoms with Crippen LogP contribution in [0.4, 0.5) is 0 Å². The molecule has 0 amide bonds. The van der Waals surface area contributed by atoms with E-state index in [0.717, 1.165) is 43.4 Å². The molecule has 1 atom stereocenters. The molecule has 1 N–H and O–H groups in total. The maximum Gasteiger partial charge on any atom is 0.122 e. The van der Waals surface area contributed by atoms with Crippen LogP contribution in [0, 0.1) is 20.8 Å². The van der Waals surface area contributed by atoms with Crippen LogP contribution in [0.5, 0.6) is 0 Å². The van der Waals surface area contributed by atoms with Gasteiger partial charge in [0.05, 0.1) is 11.7 Å². The first-order valence-electron chi connectivity index (χ1n) is 8.56. The summed E-state index contributed by atoms with van der Waals surface area (Å²) in [5.74, 6) is 2.07. The van der Waals surface area contributed by atoms with Crippen LogP contribution in [-0.4, -0.2) is 34.3 Å². The smallest absolute Gasteiger partial charge is 0.122 e. The Balaban J connectivity index is 1.67. The Morgan fingerprint density at radius 3 is 2.52 bits per heavy atom. The molecular weight excluding hydrogens is 288 g/mol. The number of hydrogen-bond acceptors (Lipinski definition) is 4. The predicted octanol–water partition coefficient (Wildman–Crippen LogP) is 2.87. The molecule has 2 aromatic rings. The first-order valence-corrected chi connectivity index (χ1v) is 8.56. The molecule has 1 aliphatic heterocycles. The molecule has 0 bridgehead atoms. The van der Waals surface area contributed by atoms with E-state index in [2.05, 4.69) is 41.3 Å². The first kappa shape index (κ1) is 16.3. The SMILES string of the molecule is Cc1ccc(C(CNCc2c(C)nn(C)c2C)N2CCCC2)o1. The highest BCUT2D eigenvalue weighted by molar-refractivity contribution is 5.24. The fourth-order valence-electron chi connectivity index (χ4n) is 3.50. The molecule has 1 fully saturated rings. The summed E-state index contributed by atoms with van der Waals surface area (Å²) in [5.41, 5.74) is 3.66. The quantitative estimate of drug-likeness (QED) is 0.890. The van der Waals surface area contributed by atoms with E-state index < -0.39 is 0 Å². The highest BCUT2D eigenvalue weighted by Crippen LogP contribution is 2.26. The van der Waals surface area contributed by atoms with Crippen molar-refractivity contribution in [2.75, 3.05) is 19.6 Å². The van der Waals surface area contributed by atoms with Crippen molar-refractivity contribution in [3.63, 3.8) is 0 Å². The number of nitrogens with zero attached hydrogens (tertiary/aromatic N) is 3. The van der Waals surface area contributed by atoms with Crippen LogP contribution in [0.2, 0.25) is 0 Å². The fourth-order valence-corrected chi connectivity index (χ4v) is 3.50. The van der Waals surface area contributed by atoms with Crippen LogP contribution in [0.25, 0.3) is 0 Å². The summed E-state index contributed by atoms with van der Waals surface area (Å²) < 4.78 is 7.87. The van der Waals surface area contributed by atoms with Gasteiger partial charge in [-0.3, -0.25) is 9.58 Å². The third-order valence-electron chi connectivity index (χ3n) is 4.97. The molecule has 1 aliphatic rings. The molecule has 1 saturated heterocycles. The van der Waals surface area contributed by atoms with Gasteiger partial charge in [0.2, 0.25) is 0 Å². The Bertz CT molecular complexity index is 652. The molecule has 2 aromatic heterocycles. The lowest BCUT2D eigenvalue weighted by molar-refractivity contribution is 0.207. The summed E-state index contributed by atoms with van der Waals surface area (Å²) in [4.78, 5) is 2.54. The van der Waals surface area contributed by atoms with Crippen molar-refractivity contribution >= 4 is 0 Å². The average Bonchev–Trinajstić information content (AvgIpc) is 3.22. The molecule has 0 aliphatic carbocycles. The Labute approximate surface area is 138 Å². The van der Waals surface area contributed by atoms with E-state index in [1.165, 1.54) is 24.1 Å². The van der Waals surface area contributed by atoms with Crippen LogP contribution in [0.3, 0.4) is 0 Å². The molecule has 0 spiro atoms. The van der Waals surface area contributed by atoms with Crippen LogP contribution in [0.1, 0.15) is 47.4 Å². The van der Waals surface area contributed by atoms with Gasteiger partial charge >= 0.3 is 0 Å². The number of furan rings is 1. The molecular formula is C18H28N4O. The van der Waals surface area contributed by atoms with E-state index in [1.807, 2.05) is 18.7 Å². The van der Waals surface area contributed by atoms with Crippen LogP contribution in [-0.2, 0) is 13.6 Å². The van der Waals surface area contributed by atoms with Crippen molar-refractivity contribution in [2.45, 2.75) is 46.2 Å². The van der Waals surface area contributed by atoms with Crippen molar-refractivity contribution in [1.29, 1.82) is 0 Å². The van der Waals surface area contributed by atoms with Gasteiger partial charge in [0.1, 0.15) is 11.5 Å². The van der Waals surface area contributed by atoms with Gasteiger partial charge in [-0.2, -0.15) is 5.10 Å².